The molecule has 156 valence electrons. The van der Waals surface area contributed by atoms with Crippen molar-refractivity contribution in [2.24, 2.45) is 0 Å². The number of benzene rings is 1. The number of aromatic nitrogens is 2. The minimum Gasteiger partial charge on any atom is -0.499 e. The van der Waals surface area contributed by atoms with Crippen molar-refractivity contribution in [2.45, 2.75) is 0 Å². The summed E-state index contributed by atoms with van der Waals surface area (Å²) in [4.78, 5) is 24.2. The van der Waals surface area contributed by atoms with Crippen LogP contribution in [0.4, 0.5) is 10.5 Å². The van der Waals surface area contributed by atoms with Crippen LogP contribution in [0.1, 0.15) is 0 Å². The average Bonchev–Trinajstić information content (AvgIpc) is 3.50. The van der Waals surface area contributed by atoms with E-state index in [9.17, 15) is 4.79 Å². The van der Waals surface area contributed by atoms with Crippen LogP contribution in [0.5, 0.6) is 0 Å². The van der Waals surface area contributed by atoms with Crippen LogP contribution in [0, 0.1) is 0 Å². The summed E-state index contributed by atoms with van der Waals surface area (Å²) in [6.45, 7) is 3.88. The molecule has 6 nitrogen and oxygen atoms in total. The second kappa shape index (κ2) is 9.55. The molecule has 0 aliphatic heterocycles. The smallest absolute Gasteiger partial charge is 0.319 e. The number of nitrogens with one attached hydrogen (secondary N) is 2. The Labute approximate surface area is 187 Å². The molecule has 3 aromatic heterocycles. The molecule has 0 saturated heterocycles. The van der Waals surface area contributed by atoms with Crippen molar-refractivity contribution < 1.29 is 9.53 Å². The van der Waals surface area contributed by atoms with E-state index in [4.69, 9.17) is 14.7 Å². The van der Waals surface area contributed by atoms with Crippen molar-refractivity contribution in [3.05, 3.63) is 77.7 Å². The number of carbonyl (C=O) groups is 1. The van der Waals surface area contributed by atoms with Crippen molar-refractivity contribution in [2.75, 3.05) is 19.0 Å². The third-order valence-electron chi connectivity index (χ3n) is 4.42. The number of ether oxygens (including phenoxy) is 1. The molecule has 3 heterocycles. The van der Waals surface area contributed by atoms with Crippen LogP contribution < -0.4 is 10.6 Å². The Kier molecular flexibility index (Phi) is 6.40. The van der Waals surface area contributed by atoms with E-state index in [0.29, 0.717) is 17.0 Å². The summed E-state index contributed by atoms with van der Waals surface area (Å²) in [5.41, 5.74) is 3.82. The van der Waals surface area contributed by atoms with Crippen molar-refractivity contribution in [1.29, 1.82) is 0 Å². The zero-order valence-corrected chi connectivity index (χ0v) is 18.4. The van der Waals surface area contributed by atoms with Crippen molar-refractivity contribution >= 4 is 45.4 Å². The molecule has 2 amide bonds. The Hall–Kier alpha value is -3.49. The molecule has 4 aromatic rings. The molecule has 0 radical (unpaired) electrons. The van der Waals surface area contributed by atoms with Gasteiger partial charge in [0.05, 0.1) is 34.4 Å². The molecular formula is C23H20N4O2S2. The maximum absolute atomic E-state index is 12.3. The van der Waals surface area contributed by atoms with Gasteiger partial charge in [0.1, 0.15) is 17.1 Å². The zero-order chi connectivity index (χ0) is 21.6. The van der Waals surface area contributed by atoms with Crippen LogP contribution in [0.25, 0.3) is 32.2 Å². The molecule has 0 fully saturated rings. The Bertz CT molecular complexity index is 1230. The Morgan fingerprint density at radius 3 is 2.32 bits per heavy atom. The first-order valence-corrected chi connectivity index (χ1v) is 11.2. The first-order valence-electron chi connectivity index (χ1n) is 9.48. The van der Waals surface area contributed by atoms with E-state index in [1.54, 1.807) is 41.9 Å². The quantitative estimate of drug-likeness (QED) is 0.272. The van der Waals surface area contributed by atoms with Gasteiger partial charge in [0.25, 0.3) is 0 Å². The number of methoxy groups -OCH3 is 1. The molecule has 8 heteroatoms. The Balaban J connectivity index is 1.62. The van der Waals surface area contributed by atoms with Crippen LogP contribution >= 0.6 is 22.7 Å². The monoisotopic (exact) mass is 448 g/mol. The molecule has 0 aliphatic rings. The molecule has 1 aromatic carbocycles. The Morgan fingerprint density at radius 1 is 1.06 bits per heavy atom. The lowest BCUT2D eigenvalue weighted by Crippen LogP contribution is -2.30. The second-order valence-corrected chi connectivity index (χ2v) is 8.35. The fourth-order valence-corrected chi connectivity index (χ4v) is 4.41. The van der Waals surface area contributed by atoms with E-state index in [0.717, 1.165) is 26.7 Å². The maximum atomic E-state index is 12.3. The first kappa shape index (κ1) is 20.8. The highest BCUT2D eigenvalue weighted by Gasteiger charge is 2.15. The zero-order valence-electron chi connectivity index (χ0n) is 16.8. The van der Waals surface area contributed by atoms with Gasteiger partial charge in [0.2, 0.25) is 0 Å². The van der Waals surface area contributed by atoms with Crippen LogP contribution in [0.15, 0.2) is 77.7 Å². The van der Waals surface area contributed by atoms with E-state index >= 15 is 0 Å². The second-order valence-electron chi connectivity index (χ2n) is 6.46. The number of rotatable bonds is 7. The highest BCUT2D eigenvalue weighted by atomic mass is 32.1. The lowest BCUT2D eigenvalue weighted by atomic mass is 10.2. The number of urea groups is 1. The predicted octanol–water partition coefficient (Wildman–Crippen LogP) is 5.92. The maximum Gasteiger partial charge on any atom is 0.319 e. The summed E-state index contributed by atoms with van der Waals surface area (Å²) < 4.78 is 5.17. The molecule has 0 saturated carbocycles. The molecule has 0 bridgehead atoms. The summed E-state index contributed by atoms with van der Waals surface area (Å²) in [6, 6.07) is 13.3. The standard InChI is InChI=1S/C23H20N4O2S2/c1-3-6-16(29-2)14-24-23(28)25-15-9-10-17-18(13-15)27-22(20-8-5-12-31-20)21(26-17)19-7-4-11-30-19/h3-13H,1,14H2,2H3,(H2,24,25,28)/b16-6-. The fourth-order valence-electron chi connectivity index (χ4n) is 2.98. The average molecular weight is 449 g/mol. The molecule has 4 rings (SSSR count). The molecule has 0 spiro atoms. The van der Waals surface area contributed by atoms with Gasteiger partial charge in [0, 0.05) is 5.69 Å². The van der Waals surface area contributed by atoms with Gasteiger partial charge in [0.15, 0.2) is 0 Å². The summed E-state index contributed by atoms with van der Waals surface area (Å²) in [5, 5.41) is 9.64. The SMILES string of the molecule is C=C/C=C(/CNC(=O)Nc1ccc2nc(-c3cccs3)c(-c3cccs3)nc2c1)OC. The molecule has 0 atom stereocenters. The molecule has 0 aliphatic carbocycles. The van der Waals surface area contributed by atoms with Crippen molar-refractivity contribution in [1.82, 2.24) is 15.3 Å². The van der Waals surface area contributed by atoms with Crippen molar-refractivity contribution in [3.8, 4) is 21.1 Å². The number of fused-ring (bicyclic) bond motifs is 1. The van der Waals surface area contributed by atoms with Crippen LogP contribution in [-0.4, -0.2) is 29.7 Å². The number of anilines is 1. The van der Waals surface area contributed by atoms with Gasteiger partial charge in [-0.05, 0) is 47.2 Å². The number of hydrogen-bond acceptors (Lipinski definition) is 6. The highest BCUT2D eigenvalue weighted by Crippen LogP contribution is 2.35. The number of allylic oxidation sites excluding steroid dienone is 2. The van der Waals surface area contributed by atoms with E-state index in [2.05, 4.69) is 17.2 Å². The molecule has 2 N–H and O–H groups in total. The summed E-state index contributed by atoms with van der Waals surface area (Å²) >= 11 is 3.26. The summed E-state index contributed by atoms with van der Waals surface area (Å²) in [5.74, 6) is 0.608. The van der Waals surface area contributed by atoms with E-state index in [1.165, 1.54) is 0 Å². The minimum absolute atomic E-state index is 0.258. The molecular weight excluding hydrogens is 428 g/mol. The normalized spacial score (nSPS) is 11.3. The fraction of sp³-hybridized carbons (Fsp3) is 0.0870. The van der Waals surface area contributed by atoms with E-state index in [1.807, 2.05) is 53.2 Å². The van der Waals surface area contributed by atoms with E-state index in [-0.39, 0.29) is 12.6 Å². The van der Waals surface area contributed by atoms with Gasteiger partial charge in [-0.15, -0.1) is 22.7 Å². The number of nitrogens with zero attached hydrogens (tertiary/aromatic N) is 2. The van der Waals surface area contributed by atoms with Gasteiger partial charge in [-0.1, -0.05) is 24.8 Å². The van der Waals surface area contributed by atoms with Gasteiger partial charge in [-0.3, -0.25) is 0 Å². The molecule has 0 unspecified atom stereocenters. The van der Waals surface area contributed by atoms with Crippen LogP contribution in [0.2, 0.25) is 0 Å². The number of hydrogen-bond donors (Lipinski definition) is 2. The summed E-state index contributed by atoms with van der Waals surface area (Å²) in [6.07, 6.45) is 3.30. The van der Waals surface area contributed by atoms with Gasteiger partial charge < -0.3 is 15.4 Å². The van der Waals surface area contributed by atoms with Gasteiger partial charge in [-0.2, -0.15) is 0 Å². The Morgan fingerprint density at radius 2 is 1.74 bits per heavy atom. The lowest BCUT2D eigenvalue weighted by Gasteiger charge is -2.11. The number of thiophene rings is 2. The van der Waals surface area contributed by atoms with E-state index < -0.39 is 0 Å². The third kappa shape index (κ3) is 4.82. The third-order valence-corrected chi connectivity index (χ3v) is 6.17. The lowest BCUT2D eigenvalue weighted by molar-refractivity contribution is 0.246. The highest BCUT2D eigenvalue weighted by molar-refractivity contribution is 7.14. The van der Waals surface area contributed by atoms with Crippen LogP contribution in [0.3, 0.4) is 0 Å². The summed E-state index contributed by atoms with van der Waals surface area (Å²) in [7, 11) is 1.55. The molecule has 31 heavy (non-hydrogen) atoms. The largest absolute Gasteiger partial charge is 0.499 e. The topological polar surface area (TPSA) is 76.1 Å². The van der Waals surface area contributed by atoms with Crippen molar-refractivity contribution in [3.63, 3.8) is 0 Å². The predicted molar refractivity (Wildman–Crippen MR) is 128 cm³/mol. The number of carbonyl (C=O) groups excluding carboxylic acids is 1. The number of amides is 2. The van der Waals surface area contributed by atoms with Crippen LogP contribution in [-0.2, 0) is 4.74 Å². The van der Waals surface area contributed by atoms with Gasteiger partial charge >= 0.3 is 6.03 Å². The minimum atomic E-state index is -0.340. The first-order chi connectivity index (χ1) is 15.2. The van der Waals surface area contributed by atoms with Gasteiger partial charge in [-0.25, -0.2) is 14.8 Å².